The van der Waals surface area contributed by atoms with Crippen LogP contribution < -0.4 is 5.32 Å². The first kappa shape index (κ1) is 28.6. The summed E-state index contributed by atoms with van der Waals surface area (Å²) >= 11 is 0. The molecule has 0 aliphatic heterocycles. The molecule has 5 nitrogen and oxygen atoms in total. The molecule has 0 aliphatic rings. The Bertz CT molecular complexity index is 450. The normalized spacial score (nSPS) is 11.3. The van der Waals surface area contributed by atoms with Gasteiger partial charge in [-0.1, -0.05) is 97.0 Å². The van der Waals surface area contributed by atoms with Crippen LogP contribution in [0.5, 0.6) is 0 Å². The van der Waals surface area contributed by atoms with Gasteiger partial charge in [0.15, 0.2) is 6.54 Å². The van der Waals surface area contributed by atoms with E-state index in [1.165, 1.54) is 83.1 Å². The number of amides is 1. The van der Waals surface area contributed by atoms with Gasteiger partial charge in [-0.15, -0.1) is 0 Å². The molecule has 1 amide bonds. The summed E-state index contributed by atoms with van der Waals surface area (Å²) in [6.45, 7) is 7.72. The molecule has 0 aromatic heterocycles. The zero-order valence-corrected chi connectivity index (χ0v) is 20.2. The summed E-state index contributed by atoms with van der Waals surface area (Å²) in [5.41, 5.74) is 0. The molecule has 0 aromatic rings. The molecule has 0 spiro atoms. The standard InChI is InChI=1S/C25H48N2O3/c1-5-7-8-9-10-11-12-13-14-15-16-17-18-19-22-30-25(29)23-27(3,4)21-20-26-24(28)6-2/h6H,2,5,7-23H2,1,3-4H3/p+1. The zero-order valence-electron chi connectivity index (χ0n) is 20.2. The van der Waals surface area contributed by atoms with E-state index in [4.69, 9.17) is 4.74 Å². The monoisotopic (exact) mass is 425 g/mol. The van der Waals surface area contributed by atoms with Gasteiger partial charge in [-0.3, -0.25) is 4.79 Å². The van der Waals surface area contributed by atoms with Crippen LogP contribution in [0.15, 0.2) is 12.7 Å². The van der Waals surface area contributed by atoms with Gasteiger partial charge in [0.2, 0.25) is 5.91 Å². The third-order valence-corrected chi connectivity index (χ3v) is 5.52. The Morgan fingerprint density at radius 2 is 1.30 bits per heavy atom. The van der Waals surface area contributed by atoms with E-state index in [9.17, 15) is 9.59 Å². The maximum absolute atomic E-state index is 12.0. The van der Waals surface area contributed by atoms with Crippen LogP contribution in [0.1, 0.15) is 96.8 Å². The minimum absolute atomic E-state index is 0.162. The molecule has 0 atom stereocenters. The minimum atomic E-state index is -0.185. The van der Waals surface area contributed by atoms with E-state index in [1.54, 1.807) is 0 Å². The highest BCUT2D eigenvalue weighted by atomic mass is 16.5. The van der Waals surface area contributed by atoms with Crippen molar-refractivity contribution in [1.29, 1.82) is 0 Å². The van der Waals surface area contributed by atoms with E-state index in [0.717, 1.165) is 12.8 Å². The van der Waals surface area contributed by atoms with Crippen LogP contribution in [0.4, 0.5) is 0 Å². The largest absolute Gasteiger partial charge is 0.462 e. The number of esters is 1. The predicted molar refractivity (Wildman–Crippen MR) is 126 cm³/mol. The highest BCUT2D eigenvalue weighted by molar-refractivity contribution is 5.86. The summed E-state index contributed by atoms with van der Waals surface area (Å²) in [4.78, 5) is 23.2. The van der Waals surface area contributed by atoms with Gasteiger partial charge in [0, 0.05) is 0 Å². The SMILES string of the molecule is C=CC(=O)NCC[N+](C)(C)CC(=O)OCCCCCCCCCCCCCCCC. The summed E-state index contributed by atoms with van der Waals surface area (Å²) in [7, 11) is 3.93. The van der Waals surface area contributed by atoms with Crippen molar-refractivity contribution in [2.24, 2.45) is 0 Å². The maximum Gasteiger partial charge on any atom is 0.361 e. The van der Waals surface area contributed by atoms with Crippen LogP contribution in [-0.4, -0.2) is 56.7 Å². The number of nitrogens with zero attached hydrogens (tertiary/aromatic N) is 1. The quantitative estimate of drug-likeness (QED) is 0.116. The molecule has 0 unspecified atom stereocenters. The number of nitrogens with one attached hydrogen (secondary N) is 1. The molecule has 0 radical (unpaired) electrons. The molecular weight excluding hydrogens is 376 g/mol. The summed E-state index contributed by atoms with van der Waals surface area (Å²) < 4.78 is 5.87. The Labute approximate surface area is 186 Å². The smallest absolute Gasteiger partial charge is 0.361 e. The third kappa shape index (κ3) is 19.9. The molecule has 0 bridgehead atoms. The van der Waals surface area contributed by atoms with Crippen LogP contribution in [0, 0.1) is 0 Å². The van der Waals surface area contributed by atoms with Crippen LogP contribution in [0.3, 0.4) is 0 Å². The van der Waals surface area contributed by atoms with Crippen LogP contribution in [0.25, 0.3) is 0 Å². The van der Waals surface area contributed by atoms with Crippen LogP contribution >= 0.6 is 0 Å². The van der Waals surface area contributed by atoms with E-state index < -0.39 is 0 Å². The topological polar surface area (TPSA) is 55.4 Å². The second-order valence-electron chi connectivity index (χ2n) is 9.13. The fourth-order valence-electron chi connectivity index (χ4n) is 3.51. The summed E-state index contributed by atoms with van der Waals surface area (Å²) in [5.74, 6) is -0.347. The average Bonchev–Trinajstić information content (AvgIpc) is 2.70. The molecule has 5 heteroatoms. The van der Waals surface area contributed by atoms with E-state index in [0.29, 0.717) is 30.7 Å². The highest BCUT2D eigenvalue weighted by Crippen LogP contribution is 2.13. The Morgan fingerprint density at radius 3 is 1.77 bits per heavy atom. The number of unbranched alkanes of at least 4 members (excludes halogenated alkanes) is 13. The van der Waals surface area contributed by atoms with Gasteiger partial charge < -0.3 is 14.5 Å². The van der Waals surface area contributed by atoms with Crippen molar-refractivity contribution < 1.29 is 18.8 Å². The van der Waals surface area contributed by atoms with Gasteiger partial charge in [-0.05, 0) is 12.5 Å². The van der Waals surface area contributed by atoms with E-state index in [1.807, 2.05) is 14.1 Å². The van der Waals surface area contributed by atoms with Crippen molar-refractivity contribution in [3.63, 3.8) is 0 Å². The van der Waals surface area contributed by atoms with Crippen molar-refractivity contribution >= 4 is 11.9 Å². The lowest BCUT2D eigenvalue weighted by atomic mass is 10.0. The van der Waals surface area contributed by atoms with Crippen LogP contribution in [-0.2, 0) is 14.3 Å². The number of rotatable bonds is 21. The fourth-order valence-corrected chi connectivity index (χ4v) is 3.51. The first-order valence-electron chi connectivity index (χ1n) is 12.3. The average molecular weight is 426 g/mol. The van der Waals surface area contributed by atoms with Gasteiger partial charge in [-0.25, -0.2) is 4.79 Å². The maximum atomic E-state index is 12.0. The van der Waals surface area contributed by atoms with Gasteiger partial charge in [0.05, 0.1) is 33.8 Å². The summed E-state index contributed by atoms with van der Waals surface area (Å²) in [5, 5.41) is 2.74. The van der Waals surface area contributed by atoms with E-state index >= 15 is 0 Å². The molecule has 0 heterocycles. The second-order valence-corrected chi connectivity index (χ2v) is 9.13. The zero-order chi connectivity index (χ0) is 22.5. The fraction of sp³-hybridized carbons (Fsp3) is 0.840. The molecule has 0 aliphatic carbocycles. The lowest BCUT2D eigenvalue weighted by Crippen LogP contribution is -2.48. The van der Waals surface area contributed by atoms with Crippen molar-refractivity contribution in [3.05, 3.63) is 12.7 Å². The lowest BCUT2D eigenvalue weighted by Gasteiger charge is -2.28. The van der Waals surface area contributed by atoms with Crippen molar-refractivity contribution in [1.82, 2.24) is 5.32 Å². The number of quaternary nitrogens is 1. The molecule has 1 N–H and O–H groups in total. The van der Waals surface area contributed by atoms with E-state index in [2.05, 4.69) is 18.8 Å². The number of hydrogen-bond donors (Lipinski definition) is 1. The molecular formula is C25H49N2O3+. The molecule has 0 saturated carbocycles. The Morgan fingerprint density at radius 1 is 0.833 bits per heavy atom. The minimum Gasteiger partial charge on any atom is -0.462 e. The molecule has 0 fully saturated rings. The van der Waals surface area contributed by atoms with Gasteiger partial charge in [0.1, 0.15) is 0 Å². The molecule has 0 aromatic carbocycles. The first-order chi connectivity index (χ1) is 14.4. The van der Waals surface area contributed by atoms with Gasteiger partial charge in [0.25, 0.3) is 0 Å². The van der Waals surface area contributed by atoms with Gasteiger partial charge in [-0.2, -0.15) is 0 Å². The van der Waals surface area contributed by atoms with E-state index in [-0.39, 0.29) is 11.9 Å². The predicted octanol–water partition coefficient (Wildman–Crippen LogP) is 5.39. The van der Waals surface area contributed by atoms with Gasteiger partial charge >= 0.3 is 5.97 Å². The van der Waals surface area contributed by atoms with Crippen molar-refractivity contribution in [3.8, 4) is 0 Å². The number of carbonyl (C=O) groups is 2. The summed E-state index contributed by atoms with van der Waals surface area (Å²) in [6, 6.07) is 0. The summed E-state index contributed by atoms with van der Waals surface area (Å²) in [6.07, 6.45) is 19.8. The van der Waals surface area contributed by atoms with Crippen molar-refractivity contribution in [2.75, 3.05) is 40.3 Å². The number of carbonyl (C=O) groups excluding carboxylic acids is 2. The molecule has 176 valence electrons. The molecule has 0 saturated heterocycles. The number of likely N-dealkylation sites (N-methyl/N-ethyl adjacent to an activating group) is 1. The Kier molecular flexibility index (Phi) is 18.7. The molecule has 0 rings (SSSR count). The highest BCUT2D eigenvalue weighted by Gasteiger charge is 2.20. The number of hydrogen-bond acceptors (Lipinski definition) is 3. The first-order valence-corrected chi connectivity index (χ1v) is 12.3. The van der Waals surface area contributed by atoms with Crippen molar-refractivity contribution in [2.45, 2.75) is 96.8 Å². The third-order valence-electron chi connectivity index (χ3n) is 5.52. The Hall–Kier alpha value is -1.36. The van der Waals surface area contributed by atoms with Crippen LogP contribution in [0.2, 0.25) is 0 Å². The number of ether oxygens (including phenoxy) is 1. The lowest BCUT2D eigenvalue weighted by molar-refractivity contribution is -0.881. The Balaban J connectivity index is 3.44. The second kappa shape index (κ2) is 19.6. The molecule has 30 heavy (non-hydrogen) atoms.